The van der Waals surface area contributed by atoms with Gasteiger partial charge in [-0.3, -0.25) is 10.2 Å². The average molecular weight is 495 g/mol. The molecule has 0 aromatic heterocycles. The molecule has 7 nitrogen and oxygen atoms in total. The number of hydrogen-bond donors (Lipinski definition) is 1. The van der Waals surface area contributed by atoms with E-state index in [-0.39, 0.29) is 11.2 Å². The Labute approximate surface area is 207 Å². The molecule has 4 aliphatic heterocycles. The van der Waals surface area contributed by atoms with Gasteiger partial charge in [0.15, 0.2) is 0 Å². The minimum absolute atomic E-state index is 0.0788. The van der Waals surface area contributed by atoms with Crippen LogP contribution >= 0.6 is 0 Å². The number of rotatable bonds is 4. The van der Waals surface area contributed by atoms with Gasteiger partial charge in [-0.15, -0.1) is 0 Å². The highest BCUT2D eigenvalue weighted by atomic mass is 32.2. The number of hydrazine groups is 1. The number of carbonyl (C=O) groups is 1. The minimum Gasteiger partial charge on any atom is -0.342 e. The summed E-state index contributed by atoms with van der Waals surface area (Å²) in [4.78, 5) is 15.5. The van der Waals surface area contributed by atoms with E-state index in [0.29, 0.717) is 42.8 Å². The van der Waals surface area contributed by atoms with Gasteiger partial charge < -0.3 is 4.90 Å². The molecule has 194 valence electrons. The van der Waals surface area contributed by atoms with E-state index in [1.165, 1.54) is 12.8 Å². The van der Waals surface area contributed by atoms with Gasteiger partial charge in [-0.2, -0.15) is 0 Å². The molecular weight excluding hydrogens is 448 g/mol. The molecule has 1 saturated carbocycles. The van der Waals surface area contributed by atoms with E-state index in [4.69, 9.17) is 0 Å². The number of nitrogens with one attached hydrogen (secondary N) is 1. The van der Waals surface area contributed by atoms with Crippen LogP contribution in [0.3, 0.4) is 0 Å². The molecule has 1 amide bonds. The second kappa shape index (κ2) is 10.7. The lowest BCUT2D eigenvalue weighted by molar-refractivity contribution is -0.136. The largest absolute Gasteiger partial charge is 0.342 e. The van der Waals surface area contributed by atoms with E-state index in [1.54, 1.807) is 0 Å². The molecule has 3 unspecified atom stereocenters. The van der Waals surface area contributed by atoms with Crippen LogP contribution in [0, 0.1) is 23.7 Å². The zero-order valence-corrected chi connectivity index (χ0v) is 22.0. The number of hydrogen-bond acceptors (Lipinski definition) is 5. The summed E-state index contributed by atoms with van der Waals surface area (Å²) in [5, 5.41) is 2.19. The zero-order valence-electron chi connectivity index (χ0n) is 21.2. The SMILES string of the molecule is CC1CCC(S(=O)(=O)N2CCC(C3CCN4NCC(C(=O)N5CCCCCC5)C4C3)CC2)CC1. The van der Waals surface area contributed by atoms with Crippen LogP contribution in [-0.4, -0.2) is 79.1 Å². The molecule has 0 bridgehead atoms. The molecule has 3 atom stereocenters. The maximum atomic E-state index is 13.4. The Morgan fingerprint density at radius 3 is 2.12 bits per heavy atom. The van der Waals surface area contributed by atoms with Crippen molar-refractivity contribution in [2.75, 3.05) is 39.3 Å². The van der Waals surface area contributed by atoms with Gasteiger partial charge in [0.05, 0.1) is 11.2 Å². The van der Waals surface area contributed by atoms with E-state index in [1.807, 2.05) is 4.31 Å². The molecule has 0 aromatic rings. The number of likely N-dealkylation sites (tertiary alicyclic amines) is 1. The van der Waals surface area contributed by atoms with Crippen molar-refractivity contribution in [3.8, 4) is 0 Å². The monoisotopic (exact) mass is 494 g/mol. The zero-order chi connectivity index (χ0) is 23.7. The Morgan fingerprint density at radius 2 is 1.44 bits per heavy atom. The van der Waals surface area contributed by atoms with Crippen LogP contribution in [0.5, 0.6) is 0 Å². The van der Waals surface area contributed by atoms with Gasteiger partial charge in [0, 0.05) is 45.3 Å². The molecule has 1 aliphatic carbocycles. The van der Waals surface area contributed by atoms with Crippen molar-refractivity contribution in [2.45, 2.75) is 95.3 Å². The summed E-state index contributed by atoms with van der Waals surface area (Å²) in [6.07, 6.45) is 12.8. The van der Waals surface area contributed by atoms with E-state index in [0.717, 1.165) is 90.4 Å². The molecule has 4 heterocycles. The van der Waals surface area contributed by atoms with Gasteiger partial charge in [-0.1, -0.05) is 19.8 Å². The fourth-order valence-electron chi connectivity index (χ4n) is 7.50. The second-order valence-electron chi connectivity index (χ2n) is 11.9. The molecule has 4 saturated heterocycles. The summed E-state index contributed by atoms with van der Waals surface area (Å²) in [6, 6.07) is 0.306. The lowest BCUT2D eigenvalue weighted by atomic mass is 9.75. The number of nitrogens with zero attached hydrogens (tertiary/aromatic N) is 3. The molecule has 8 heteroatoms. The first kappa shape index (κ1) is 25.0. The fourth-order valence-corrected chi connectivity index (χ4v) is 9.51. The third-order valence-electron chi connectivity index (χ3n) is 9.81. The Kier molecular flexibility index (Phi) is 7.88. The molecule has 0 radical (unpaired) electrons. The Hall–Kier alpha value is -0.700. The quantitative estimate of drug-likeness (QED) is 0.650. The third-order valence-corrected chi connectivity index (χ3v) is 12.2. The van der Waals surface area contributed by atoms with Crippen LogP contribution in [0.1, 0.15) is 84.0 Å². The van der Waals surface area contributed by atoms with Gasteiger partial charge >= 0.3 is 0 Å². The maximum absolute atomic E-state index is 13.4. The van der Waals surface area contributed by atoms with Crippen molar-refractivity contribution < 1.29 is 13.2 Å². The van der Waals surface area contributed by atoms with Gasteiger partial charge in [0.1, 0.15) is 0 Å². The third kappa shape index (κ3) is 5.21. The Bertz CT molecular complexity index is 797. The molecule has 5 fully saturated rings. The molecule has 0 spiro atoms. The number of amides is 1. The van der Waals surface area contributed by atoms with E-state index in [2.05, 4.69) is 22.3 Å². The first-order chi connectivity index (χ1) is 16.4. The van der Waals surface area contributed by atoms with E-state index < -0.39 is 10.0 Å². The summed E-state index contributed by atoms with van der Waals surface area (Å²) in [6.45, 7) is 7.28. The molecule has 5 aliphatic rings. The first-order valence-corrected chi connectivity index (χ1v) is 15.7. The van der Waals surface area contributed by atoms with E-state index >= 15 is 0 Å². The van der Waals surface area contributed by atoms with Gasteiger partial charge in [0.25, 0.3) is 0 Å². The van der Waals surface area contributed by atoms with Crippen LogP contribution in [0.15, 0.2) is 0 Å². The summed E-state index contributed by atoms with van der Waals surface area (Å²) < 4.78 is 28.3. The smallest absolute Gasteiger partial charge is 0.228 e. The fraction of sp³-hybridized carbons (Fsp3) is 0.962. The second-order valence-corrected chi connectivity index (χ2v) is 14.1. The number of fused-ring (bicyclic) bond motifs is 1. The summed E-state index contributed by atoms with van der Waals surface area (Å²) in [7, 11) is -3.15. The predicted octanol–water partition coefficient (Wildman–Crippen LogP) is 3.22. The van der Waals surface area contributed by atoms with Crippen LogP contribution in [0.4, 0.5) is 0 Å². The van der Waals surface area contributed by atoms with Crippen molar-refractivity contribution in [1.82, 2.24) is 19.6 Å². The normalized spacial score (nSPS) is 37.3. The Morgan fingerprint density at radius 1 is 0.794 bits per heavy atom. The summed E-state index contributed by atoms with van der Waals surface area (Å²) in [5.74, 6) is 2.32. The molecule has 5 rings (SSSR count). The highest BCUT2D eigenvalue weighted by molar-refractivity contribution is 7.89. The summed E-state index contributed by atoms with van der Waals surface area (Å²) in [5.41, 5.74) is 3.53. The van der Waals surface area contributed by atoms with Crippen molar-refractivity contribution in [1.29, 1.82) is 0 Å². The maximum Gasteiger partial charge on any atom is 0.228 e. The minimum atomic E-state index is -3.15. The van der Waals surface area contributed by atoms with Crippen LogP contribution in [-0.2, 0) is 14.8 Å². The lowest BCUT2D eigenvalue weighted by Crippen LogP contribution is -2.50. The summed E-state index contributed by atoms with van der Waals surface area (Å²) >= 11 is 0. The van der Waals surface area contributed by atoms with Crippen molar-refractivity contribution >= 4 is 15.9 Å². The van der Waals surface area contributed by atoms with Gasteiger partial charge in [0.2, 0.25) is 15.9 Å². The van der Waals surface area contributed by atoms with E-state index in [9.17, 15) is 13.2 Å². The standard InChI is InChI=1S/C26H46N4O3S/c1-20-6-8-23(9-7-20)34(32,33)29-15-10-21(11-16-29)22-12-17-30-25(18-22)24(19-27-30)26(31)28-13-4-2-3-5-14-28/h20-25,27H,2-19H2,1H3. The van der Waals surface area contributed by atoms with Crippen molar-refractivity contribution in [2.24, 2.45) is 23.7 Å². The van der Waals surface area contributed by atoms with Crippen LogP contribution in [0.25, 0.3) is 0 Å². The first-order valence-electron chi connectivity index (χ1n) is 14.2. The van der Waals surface area contributed by atoms with Crippen molar-refractivity contribution in [3.63, 3.8) is 0 Å². The van der Waals surface area contributed by atoms with Gasteiger partial charge in [-0.25, -0.2) is 17.7 Å². The average Bonchev–Trinajstić information content (AvgIpc) is 3.08. The van der Waals surface area contributed by atoms with Crippen LogP contribution < -0.4 is 5.43 Å². The molecule has 34 heavy (non-hydrogen) atoms. The molecular formula is C26H46N4O3S. The Balaban J connectivity index is 1.16. The van der Waals surface area contributed by atoms with Gasteiger partial charge in [-0.05, 0) is 82.0 Å². The highest BCUT2D eigenvalue weighted by Gasteiger charge is 2.46. The predicted molar refractivity (Wildman–Crippen MR) is 134 cm³/mol. The lowest BCUT2D eigenvalue weighted by Gasteiger charge is -2.43. The van der Waals surface area contributed by atoms with Crippen molar-refractivity contribution in [3.05, 3.63) is 0 Å². The number of sulfonamides is 1. The molecule has 1 N–H and O–H groups in total. The highest BCUT2D eigenvalue weighted by Crippen LogP contribution is 2.39. The number of carbonyl (C=O) groups excluding carboxylic acids is 1. The molecule has 0 aromatic carbocycles. The number of piperidine rings is 2. The van der Waals surface area contributed by atoms with Crippen LogP contribution in [0.2, 0.25) is 0 Å². The topological polar surface area (TPSA) is 73.0 Å².